The van der Waals surface area contributed by atoms with Crippen LogP contribution in [-0.4, -0.2) is 17.1 Å². The van der Waals surface area contributed by atoms with Crippen LogP contribution in [0.3, 0.4) is 0 Å². The third-order valence-electron chi connectivity index (χ3n) is 3.30. The molecule has 0 bridgehead atoms. The van der Waals surface area contributed by atoms with E-state index in [1.165, 1.54) is 6.07 Å². The lowest BCUT2D eigenvalue weighted by Gasteiger charge is -2.16. The number of aryl methyl sites for hydroxylation is 1. The molecule has 22 heavy (non-hydrogen) atoms. The predicted octanol–water partition coefficient (Wildman–Crippen LogP) is 3.58. The lowest BCUT2D eigenvalue weighted by Crippen LogP contribution is -2.31. The first-order chi connectivity index (χ1) is 10.5. The standard InChI is InChI=1S/C17H18N2O3/c1-11-8-9-15(14(10-11)16(20)21)19-17(22)18-12(2)13-6-4-3-5-7-13/h3-10,12H,1-2H3,(H,20,21)(H2,18,19,22)/t12-/m1/s1. The number of anilines is 1. The van der Waals surface area contributed by atoms with Gasteiger partial charge in [0.25, 0.3) is 0 Å². The summed E-state index contributed by atoms with van der Waals surface area (Å²) in [7, 11) is 0. The van der Waals surface area contributed by atoms with Crippen LogP contribution in [0.25, 0.3) is 0 Å². The second-order valence-corrected chi connectivity index (χ2v) is 5.09. The number of carboxylic acids is 1. The molecule has 114 valence electrons. The largest absolute Gasteiger partial charge is 0.478 e. The molecule has 0 unspecified atom stereocenters. The summed E-state index contributed by atoms with van der Waals surface area (Å²) in [5.41, 5.74) is 2.14. The summed E-state index contributed by atoms with van der Waals surface area (Å²) >= 11 is 0. The van der Waals surface area contributed by atoms with Gasteiger partial charge >= 0.3 is 12.0 Å². The Kier molecular flexibility index (Phi) is 4.78. The van der Waals surface area contributed by atoms with Gasteiger partial charge in [0.05, 0.1) is 17.3 Å². The van der Waals surface area contributed by atoms with E-state index in [4.69, 9.17) is 0 Å². The summed E-state index contributed by atoms with van der Waals surface area (Å²) in [6.07, 6.45) is 0. The van der Waals surface area contributed by atoms with Crippen molar-refractivity contribution in [3.05, 3.63) is 65.2 Å². The minimum atomic E-state index is -1.07. The summed E-state index contributed by atoms with van der Waals surface area (Å²) in [6.45, 7) is 3.66. The van der Waals surface area contributed by atoms with Gasteiger partial charge in [0.2, 0.25) is 0 Å². The molecule has 2 aromatic rings. The monoisotopic (exact) mass is 298 g/mol. The zero-order valence-electron chi connectivity index (χ0n) is 12.5. The van der Waals surface area contributed by atoms with Crippen LogP contribution < -0.4 is 10.6 Å². The highest BCUT2D eigenvalue weighted by Gasteiger charge is 2.14. The fraction of sp³-hybridized carbons (Fsp3) is 0.176. The minimum Gasteiger partial charge on any atom is -0.478 e. The maximum Gasteiger partial charge on any atom is 0.337 e. The number of carbonyl (C=O) groups excluding carboxylic acids is 1. The Balaban J connectivity index is 2.08. The second kappa shape index (κ2) is 6.76. The van der Waals surface area contributed by atoms with Crippen molar-refractivity contribution in [2.75, 3.05) is 5.32 Å². The first-order valence-corrected chi connectivity index (χ1v) is 6.94. The van der Waals surface area contributed by atoms with E-state index in [0.717, 1.165) is 11.1 Å². The molecule has 2 amide bonds. The molecule has 0 aromatic heterocycles. The van der Waals surface area contributed by atoms with Crippen molar-refractivity contribution in [2.45, 2.75) is 19.9 Å². The zero-order valence-corrected chi connectivity index (χ0v) is 12.5. The zero-order chi connectivity index (χ0) is 16.1. The number of benzene rings is 2. The fourth-order valence-corrected chi connectivity index (χ4v) is 2.12. The number of hydrogen-bond donors (Lipinski definition) is 3. The van der Waals surface area contributed by atoms with Crippen LogP contribution in [-0.2, 0) is 0 Å². The average molecular weight is 298 g/mol. The highest BCUT2D eigenvalue weighted by molar-refractivity contribution is 6.00. The number of hydrogen-bond acceptors (Lipinski definition) is 2. The van der Waals surface area contributed by atoms with E-state index in [1.807, 2.05) is 37.3 Å². The molecule has 0 aliphatic carbocycles. The Hall–Kier alpha value is -2.82. The van der Waals surface area contributed by atoms with Gasteiger partial charge in [0.1, 0.15) is 0 Å². The maximum atomic E-state index is 12.0. The van der Waals surface area contributed by atoms with Crippen LogP contribution in [0.5, 0.6) is 0 Å². The Labute approximate surface area is 129 Å². The smallest absolute Gasteiger partial charge is 0.337 e. The number of carbonyl (C=O) groups is 2. The van der Waals surface area contributed by atoms with Crippen molar-refractivity contribution >= 4 is 17.7 Å². The number of aromatic carboxylic acids is 1. The van der Waals surface area contributed by atoms with E-state index in [-0.39, 0.29) is 17.3 Å². The molecule has 2 rings (SSSR count). The summed E-state index contributed by atoms with van der Waals surface area (Å²) in [6, 6.07) is 13.8. The van der Waals surface area contributed by atoms with E-state index >= 15 is 0 Å². The van der Waals surface area contributed by atoms with E-state index in [0.29, 0.717) is 0 Å². The average Bonchev–Trinajstić information content (AvgIpc) is 2.49. The van der Waals surface area contributed by atoms with Crippen molar-refractivity contribution in [1.82, 2.24) is 5.32 Å². The minimum absolute atomic E-state index is 0.0718. The van der Waals surface area contributed by atoms with Crippen LogP contribution in [0.1, 0.15) is 34.5 Å². The van der Waals surface area contributed by atoms with Gasteiger partial charge in [-0.25, -0.2) is 9.59 Å². The van der Waals surface area contributed by atoms with Gasteiger partial charge < -0.3 is 15.7 Å². The van der Waals surface area contributed by atoms with Gasteiger partial charge in [0, 0.05) is 0 Å². The van der Waals surface area contributed by atoms with Gasteiger partial charge in [-0.15, -0.1) is 0 Å². The summed E-state index contributed by atoms with van der Waals surface area (Å²) in [4.78, 5) is 23.3. The molecule has 5 heteroatoms. The molecular formula is C17H18N2O3. The number of amides is 2. The Morgan fingerprint density at radius 1 is 1.09 bits per heavy atom. The molecule has 0 heterocycles. The van der Waals surface area contributed by atoms with Crippen LogP contribution in [0.2, 0.25) is 0 Å². The fourth-order valence-electron chi connectivity index (χ4n) is 2.12. The van der Waals surface area contributed by atoms with Crippen molar-refractivity contribution in [1.29, 1.82) is 0 Å². The molecule has 0 saturated carbocycles. The molecule has 0 aliphatic heterocycles. The molecule has 0 fully saturated rings. The maximum absolute atomic E-state index is 12.0. The van der Waals surface area contributed by atoms with Crippen LogP contribution >= 0.6 is 0 Å². The van der Waals surface area contributed by atoms with E-state index in [2.05, 4.69) is 10.6 Å². The summed E-state index contributed by atoms with van der Waals surface area (Å²) in [5.74, 6) is -1.07. The molecule has 0 radical (unpaired) electrons. The van der Waals surface area contributed by atoms with Crippen molar-refractivity contribution in [3.63, 3.8) is 0 Å². The Morgan fingerprint density at radius 3 is 2.41 bits per heavy atom. The lowest BCUT2D eigenvalue weighted by molar-refractivity contribution is 0.0698. The molecule has 0 saturated heterocycles. The van der Waals surface area contributed by atoms with Crippen LogP contribution in [0, 0.1) is 6.92 Å². The van der Waals surface area contributed by atoms with Crippen LogP contribution in [0.4, 0.5) is 10.5 Å². The van der Waals surface area contributed by atoms with E-state index in [9.17, 15) is 14.7 Å². The molecule has 5 nitrogen and oxygen atoms in total. The highest BCUT2D eigenvalue weighted by Crippen LogP contribution is 2.18. The van der Waals surface area contributed by atoms with Gasteiger partial charge in [0.15, 0.2) is 0 Å². The summed E-state index contributed by atoms with van der Waals surface area (Å²) < 4.78 is 0. The molecule has 1 atom stereocenters. The van der Waals surface area contributed by atoms with Crippen molar-refractivity contribution < 1.29 is 14.7 Å². The first-order valence-electron chi connectivity index (χ1n) is 6.94. The van der Waals surface area contributed by atoms with E-state index < -0.39 is 12.0 Å². The quantitative estimate of drug-likeness (QED) is 0.807. The van der Waals surface area contributed by atoms with Gasteiger partial charge in [-0.1, -0.05) is 42.0 Å². The van der Waals surface area contributed by atoms with Crippen molar-refractivity contribution in [3.8, 4) is 0 Å². The SMILES string of the molecule is Cc1ccc(NC(=O)N[C@H](C)c2ccccc2)c(C(=O)O)c1. The molecule has 2 aromatic carbocycles. The van der Waals surface area contributed by atoms with Crippen LogP contribution in [0.15, 0.2) is 48.5 Å². The van der Waals surface area contributed by atoms with Gasteiger partial charge in [-0.2, -0.15) is 0 Å². The first kappa shape index (κ1) is 15.6. The molecular weight excluding hydrogens is 280 g/mol. The molecule has 0 aliphatic rings. The number of nitrogens with one attached hydrogen (secondary N) is 2. The summed E-state index contributed by atoms with van der Waals surface area (Å²) in [5, 5.41) is 14.6. The highest BCUT2D eigenvalue weighted by atomic mass is 16.4. The van der Waals surface area contributed by atoms with Crippen molar-refractivity contribution in [2.24, 2.45) is 0 Å². The third-order valence-corrected chi connectivity index (χ3v) is 3.30. The molecule has 0 spiro atoms. The van der Waals surface area contributed by atoms with E-state index in [1.54, 1.807) is 19.1 Å². The number of urea groups is 1. The van der Waals surface area contributed by atoms with Gasteiger partial charge in [-0.05, 0) is 31.5 Å². The predicted molar refractivity (Wildman–Crippen MR) is 85.1 cm³/mol. The third kappa shape index (κ3) is 3.85. The lowest BCUT2D eigenvalue weighted by atomic mass is 10.1. The Bertz CT molecular complexity index is 684. The second-order valence-electron chi connectivity index (χ2n) is 5.09. The topological polar surface area (TPSA) is 78.4 Å². The normalized spacial score (nSPS) is 11.5. The van der Waals surface area contributed by atoms with Gasteiger partial charge in [-0.3, -0.25) is 0 Å². The molecule has 3 N–H and O–H groups in total. The number of rotatable bonds is 4. The Morgan fingerprint density at radius 2 is 1.77 bits per heavy atom. The number of carboxylic acid groups (broad SMARTS) is 1.